The van der Waals surface area contributed by atoms with Crippen LogP contribution in [0.1, 0.15) is 87.0 Å². The maximum Gasteiger partial charge on any atom is 0.192 e. The lowest BCUT2D eigenvalue weighted by molar-refractivity contribution is -0.180. The zero-order chi connectivity index (χ0) is 23.8. The number of epoxide rings is 1. The molecule has 6 fully saturated rings. The van der Waals surface area contributed by atoms with Gasteiger partial charge in [0.2, 0.25) is 0 Å². The van der Waals surface area contributed by atoms with Gasteiger partial charge in [0.1, 0.15) is 0 Å². The molecule has 6 rings (SSSR count). The smallest absolute Gasteiger partial charge is 0.192 e. The van der Waals surface area contributed by atoms with Crippen molar-refractivity contribution in [2.24, 2.45) is 34.5 Å². The topological polar surface area (TPSA) is 40.2 Å². The van der Waals surface area contributed by atoms with E-state index >= 15 is 0 Å². The van der Waals surface area contributed by atoms with Gasteiger partial charge in [-0.05, 0) is 99.1 Å². The number of hydrogen-bond acceptors (Lipinski definition) is 4. The summed E-state index contributed by atoms with van der Waals surface area (Å²) in [7, 11) is -1.81. The summed E-state index contributed by atoms with van der Waals surface area (Å²) in [5.41, 5.74) is 0.570. The molecule has 0 radical (unpaired) electrons. The van der Waals surface area contributed by atoms with E-state index in [0.717, 1.165) is 5.92 Å². The van der Waals surface area contributed by atoms with Gasteiger partial charge in [0.15, 0.2) is 14.1 Å². The van der Waals surface area contributed by atoms with E-state index in [-0.39, 0.29) is 22.7 Å². The molecule has 188 valence electrons. The molecular weight excluding hydrogens is 428 g/mol. The van der Waals surface area contributed by atoms with Crippen LogP contribution in [0.3, 0.4) is 0 Å². The Labute approximate surface area is 203 Å². The van der Waals surface area contributed by atoms with E-state index in [1.54, 1.807) is 0 Å². The van der Waals surface area contributed by atoms with Gasteiger partial charge in [-0.1, -0.05) is 34.6 Å². The van der Waals surface area contributed by atoms with Gasteiger partial charge >= 0.3 is 0 Å². The molecule has 0 N–H and O–H groups in total. The van der Waals surface area contributed by atoms with Crippen LogP contribution in [-0.4, -0.2) is 44.6 Å². The zero-order valence-corrected chi connectivity index (χ0v) is 23.6. The Bertz CT molecular complexity index is 819. The van der Waals surface area contributed by atoms with E-state index < -0.39 is 14.1 Å². The van der Waals surface area contributed by atoms with Crippen LogP contribution in [0.25, 0.3) is 0 Å². The third-order valence-corrected chi connectivity index (χ3v) is 16.4. The predicted molar refractivity (Wildman–Crippen MR) is 132 cm³/mol. The molecule has 0 aromatic rings. The third kappa shape index (κ3) is 3.21. The van der Waals surface area contributed by atoms with Gasteiger partial charge < -0.3 is 18.6 Å². The van der Waals surface area contributed by atoms with Gasteiger partial charge in [0, 0.05) is 5.92 Å². The molecule has 4 aliphatic carbocycles. The molecule has 2 aliphatic heterocycles. The number of hydrogen-bond donors (Lipinski definition) is 0. The Morgan fingerprint density at radius 3 is 2.12 bits per heavy atom. The number of ether oxygens (including phenoxy) is 3. The molecule has 4 saturated carbocycles. The first kappa shape index (κ1) is 23.5. The third-order valence-electron chi connectivity index (χ3n) is 11.9. The average Bonchev–Trinajstić information content (AvgIpc) is 3.29. The second-order valence-corrected chi connectivity index (χ2v) is 19.8. The van der Waals surface area contributed by atoms with E-state index in [2.05, 4.69) is 61.6 Å². The van der Waals surface area contributed by atoms with Crippen LogP contribution in [0, 0.1) is 34.5 Å². The van der Waals surface area contributed by atoms with Crippen LogP contribution in [-0.2, 0) is 18.6 Å². The first-order chi connectivity index (χ1) is 15.2. The summed E-state index contributed by atoms with van der Waals surface area (Å²) in [6.07, 6.45) is 9.32. The van der Waals surface area contributed by atoms with Crippen LogP contribution < -0.4 is 0 Å². The molecule has 0 aromatic heterocycles. The lowest BCUT2D eigenvalue weighted by Crippen LogP contribution is -2.64. The average molecular weight is 477 g/mol. The zero-order valence-electron chi connectivity index (χ0n) is 22.6. The van der Waals surface area contributed by atoms with E-state index in [0.29, 0.717) is 41.5 Å². The molecule has 0 amide bonds. The molecule has 4 unspecified atom stereocenters. The van der Waals surface area contributed by atoms with Gasteiger partial charge in [-0.2, -0.15) is 0 Å². The first-order valence-corrected chi connectivity index (χ1v) is 16.8. The Hall–Kier alpha value is 0.0569. The van der Waals surface area contributed by atoms with Crippen molar-refractivity contribution in [3.8, 4) is 0 Å². The van der Waals surface area contributed by atoms with Crippen LogP contribution >= 0.6 is 0 Å². The lowest BCUT2D eigenvalue weighted by atomic mass is 9.44. The molecule has 0 spiro atoms. The standard InChI is InChI=1S/C28H48O4Si/c1-25(2,3)33(8,9)32-19-11-10-16-20-17(12-14-27(16,19)6)28(7)15-13-18-22(29-18)21(28)24-23(20)30-26(4,5)31-24/h16-24H,10-15H2,1-9H3/t16?,17?,18-,19-,20?,21?,22-,23+,24+,27-,28+/m0/s1. The van der Waals surface area contributed by atoms with Gasteiger partial charge in [-0.15, -0.1) is 0 Å². The first-order valence-electron chi connectivity index (χ1n) is 13.9. The summed E-state index contributed by atoms with van der Waals surface area (Å²) in [5.74, 6) is 1.98. The van der Waals surface area contributed by atoms with Gasteiger partial charge in [0.25, 0.3) is 0 Å². The summed E-state index contributed by atoms with van der Waals surface area (Å²) >= 11 is 0. The highest BCUT2D eigenvalue weighted by molar-refractivity contribution is 6.74. The second-order valence-electron chi connectivity index (χ2n) is 15.1. The molecule has 2 saturated heterocycles. The lowest BCUT2D eigenvalue weighted by Gasteiger charge is -2.62. The van der Waals surface area contributed by atoms with Gasteiger partial charge in [-0.3, -0.25) is 0 Å². The molecule has 6 aliphatic rings. The van der Waals surface area contributed by atoms with E-state index in [9.17, 15) is 0 Å². The molecular formula is C28H48O4Si. The molecule has 0 bridgehead atoms. The van der Waals surface area contributed by atoms with E-state index in [4.69, 9.17) is 18.6 Å². The maximum absolute atomic E-state index is 7.17. The molecule has 33 heavy (non-hydrogen) atoms. The van der Waals surface area contributed by atoms with Crippen molar-refractivity contribution in [3.63, 3.8) is 0 Å². The summed E-state index contributed by atoms with van der Waals surface area (Å²) in [6, 6.07) is 0. The van der Waals surface area contributed by atoms with Crippen molar-refractivity contribution >= 4 is 8.32 Å². The van der Waals surface area contributed by atoms with Crippen molar-refractivity contribution in [3.05, 3.63) is 0 Å². The SMILES string of the molecule is CC1(C)O[C@@H]2C3C(CC[C@@]4(C)C3CC[C@@H]4O[Si](C)(C)C(C)(C)C)[C@@]3(C)CC[C@@H]4O[C@@H]4C3[C@H]2O1. The number of fused-ring (bicyclic) bond motifs is 10. The molecule has 2 heterocycles. The minimum atomic E-state index is -1.81. The van der Waals surface area contributed by atoms with Gasteiger partial charge in [0.05, 0.1) is 30.5 Å². The molecule has 5 heteroatoms. The summed E-state index contributed by atoms with van der Waals surface area (Å²) in [6.45, 7) is 21.4. The Kier molecular flexibility index (Phi) is 4.89. The van der Waals surface area contributed by atoms with Crippen LogP contribution in [0.15, 0.2) is 0 Å². The largest absolute Gasteiger partial charge is 0.413 e. The summed E-state index contributed by atoms with van der Waals surface area (Å²) < 4.78 is 27.0. The second kappa shape index (κ2) is 6.88. The highest BCUT2D eigenvalue weighted by atomic mass is 28.4. The van der Waals surface area contributed by atoms with Crippen LogP contribution in [0.2, 0.25) is 18.1 Å². The van der Waals surface area contributed by atoms with Gasteiger partial charge in [-0.25, -0.2) is 0 Å². The van der Waals surface area contributed by atoms with Crippen molar-refractivity contribution in [2.45, 2.75) is 141 Å². The fraction of sp³-hybridized carbons (Fsp3) is 1.00. The molecule has 11 atom stereocenters. The van der Waals surface area contributed by atoms with Crippen molar-refractivity contribution in [1.82, 2.24) is 0 Å². The minimum Gasteiger partial charge on any atom is -0.413 e. The van der Waals surface area contributed by atoms with Crippen LogP contribution in [0.5, 0.6) is 0 Å². The Morgan fingerprint density at radius 1 is 0.788 bits per heavy atom. The van der Waals surface area contributed by atoms with Crippen molar-refractivity contribution in [2.75, 3.05) is 0 Å². The Balaban J connectivity index is 1.35. The fourth-order valence-electron chi connectivity index (χ4n) is 9.19. The molecule has 0 aromatic carbocycles. The summed E-state index contributed by atoms with van der Waals surface area (Å²) in [4.78, 5) is 0. The quantitative estimate of drug-likeness (QED) is 0.335. The van der Waals surface area contributed by atoms with E-state index in [1.165, 1.54) is 38.5 Å². The van der Waals surface area contributed by atoms with Crippen molar-refractivity contribution in [1.29, 1.82) is 0 Å². The minimum absolute atomic E-state index is 0.184. The Morgan fingerprint density at radius 2 is 1.42 bits per heavy atom. The van der Waals surface area contributed by atoms with Crippen LogP contribution in [0.4, 0.5) is 0 Å². The number of rotatable bonds is 2. The predicted octanol–water partition coefficient (Wildman–Crippen LogP) is 6.54. The van der Waals surface area contributed by atoms with Crippen molar-refractivity contribution < 1.29 is 18.6 Å². The monoisotopic (exact) mass is 476 g/mol. The van der Waals surface area contributed by atoms with E-state index in [1.807, 2.05) is 0 Å². The maximum atomic E-state index is 7.17. The fourth-order valence-corrected chi connectivity index (χ4v) is 10.6. The highest BCUT2D eigenvalue weighted by Gasteiger charge is 2.73. The highest BCUT2D eigenvalue weighted by Crippen LogP contribution is 2.70. The summed E-state index contributed by atoms with van der Waals surface area (Å²) in [5, 5.41) is 0.255. The normalized spacial score (nSPS) is 54.6. The molecule has 4 nitrogen and oxygen atoms in total.